The summed E-state index contributed by atoms with van der Waals surface area (Å²) in [5.41, 5.74) is 0.549. The third-order valence-electron chi connectivity index (χ3n) is 2.91. The molecule has 0 fully saturated rings. The van der Waals surface area contributed by atoms with Gasteiger partial charge in [0.05, 0.1) is 4.92 Å². The predicted molar refractivity (Wildman–Crippen MR) is 70.4 cm³/mol. The molecule has 0 bridgehead atoms. The smallest absolute Gasteiger partial charge is 0.274 e. The van der Waals surface area contributed by atoms with Crippen molar-refractivity contribution in [3.8, 4) is 0 Å². The van der Waals surface area contributed by atoms with E-state index in [1.54, 1.807) is 18.2 Å². The second-order valence-corrected chi connectivity index (χ2v) is 5.24. The summed E-state index contributed by atoms with van der Waals surface area (Å²) in [6, 6.07) is 6.58. The number of nitro groups is 1. The molecular formula is C13H20N2O3. The zero-order chi connectivity index (χ0) is 13.8. The number of nitrogens with one attached hydrogen (secondary N) is 1. The van der Waals surface area contributed by atoms with Crippen LogP contribution in [0.2, 0.25) is 0 Å². The fraction of sp³-hybridized carbons (Fsp3) is 0.538. The van der Waals surface area contributed by atoms with Gasteiger partial charge in [-0.05, 0) is 6.92 Å². The van der Waals surface area contributed by atoms with E-state index in [9.17, 15) is 15.2 Å². The van der Waals surface area contributed by atoms with Gasteiger partial charge in [-0.15, -0.1) is 0 Å². The number of benzene rings is 1. The van der Waals surface area contributed by atoms with E-state index in [1.165, 1.54) is 6.07 Å². The standard InChI is InChI=1S/C13H20N2O3/c1-10(14-8-13(2,3)9-16)11-6-4-5-7-12(11)15(17)18/h4-7,10,14,16H,8-9H2,1-3H3. The summed E-state index contributed by atoms with van der Waals surface area (Å²) in [5, 5.41) is 23.3. The van der Waals surface area contributed by atoms with E-state index < -0.39 is 0 Å². The first-order valence-electron chi connectivity index (χ1n) is 5.95. The minimum atomic E-state index is -0.370. The van der Waals surface area contributed by atoms with E-state index in [0.717, 1.165) is 0 Å². The van der Waals surface area contributed by atoms with E-state index in [2.05, 4.69) is 5.32 Å². The Kier molecular flexibility index (Phi) is 4.81. The SMILES string of the molecule is CC(NCC(C)(C)CO)c1ccccc1[N+](=O)[O-]. The van der Waals surface area contributed by atoms with Crippen LogP contribution in [-0.2, 0) is 0 Å². The summed E-state index contributed by atoms with van der Waals surface area (Å²) in [4.78, 5) is 10.6. The molecule has 0 aliphatic heterocycles. The fourth-order valence-corrected chi connectivity index (χ4v) is 1.62. The number of aliphatic hydroxyl groups excluding tert-OH is 1. The van der Waals surface area contributed by atoms with E-state index in [0.29, 0.717) is 12.1 Å². The van der Waals surface area contributed by atoms with Crippen molar-refractivity contribution in [2.45, 2.75) is 26.8 Å². The first kappa shape index (κ1) is 14.6. The lowest BCUT2D eigenvalue weighted by Crippen LogP contribution is -2.33. The Labute approximate surface area is 107 Å². The van der Waals surface area contributed by atoms with Crippen molar-refractivity contribution in [2.75, 3.05) is 13.2 Å². The number of hydrogen-bond acceptors (Lipinski definition) is 4. The van der Waals surface area contributed by atoms with Crippen LogP contribution in [0.25, 0.3) is 0 Å². The van der Waals surface area contributed by atoms with Crippen molar-refractivity contribution in [3.05, 3.63) is 39.9 Å². The Morgan fingerprint density at radius 1 is 1.44 bits per heavy atom. The average Bonchev–Trinajstić information content (AvgIpc) is 2.36. The molecule has 5 heteroatoms. The Morgan fingerprint density at radius 2 is 2.06 bits per heavy atom. The molecule has 0 heterocycles. The van der Waals surface area contributed by atoms with E-state index >= 15 is 0 Å². The van der Waals surface area contributed by atoms with Crippen LogP contribution in [0.4, 0.5) is 5.69 Å². The molecule has 0 radical (unpaired) electrons. The van der Waals surface area contributed by atoms with Gasteiger partial charge in [0.1, 0.15) is 0 Å². The first-order chi connectivity index (χ1) is 8.37. The van der Waals surface area contributed by atoms with Crippen molar-refractivity contribution in [3.63, 3.8) is 0 Å². The summed E-state index contributed by atoms with van der Waals surface area (Å²) in [7, 11) is 0. The van der Waals surface area contributed by atoms with Gasteiger partial charge in [-0.2, -0.15) is 0 Å². The highest BCUT2D eigenvalue weighted by molar-refractivity contribution is 5.41. The number of nitro benzene ring substituents is 1. The molecule has 0 aliphatic carbocycles. The molecule has 1 rings (SSSR count). The van der Waals surface area contributed by atoms with Gasteiger partial charge in [-0.25, -0.2) is 0 Å². The van der Waals surface area contributed by atoms with Crippen LogP contribution in [0.15, 0.2) is 24.3 Å². The number of nitrogens with zero attached hydrogens (tertiary/aromatic N) is 1. The Bertz CT molecular complexity index is 418. The van der Waals surface area contributed by atoms with Gasteiger partial charge in [-0.3, -0.25) is 10.1 Å². The summed E-state index contributed by atoms with van der Waals surface area (Å²) >= 11 is 0. The molecule has 100 valence electrons. The monoisotopic (exact) mass is 252 g/mol. The van der Waals surface area contributed by atoms with Crippen molar-refractivity contribution in [1.29, 1.82) is 0 Å². The van der Waals surface area contributed by atoms with E-state index in [1.807, 2.05) is 20.8 Å². The zero-order valence-electron chi connectivity index (χ0n) is 11.0. The molecule has 0 aromatic heterocycles. The molecule has 0 saturated carbocycles. The predicted octanol–water partition coefficient (Wildman–Crippen LogP) is 2.26. The number of hydrogen-bond donors (Lipinski definition) is 2. The Balaban J connectivity index is 2.79. The molecule has 1 aromatic carbocycles. The molecule has 0 spiro atoms. The summed E-state index contributed by atoms with van der Waals surface area (Å²) in [5.74, 6) is 0. The molecule has 5 nitrogen and oxygen atoms in total. The molecule has 18 heavy (non-hydrogen) atoms. The molecule has 1 aromatic rings. The van der Waals surface area contributed by atoms with Gasteiger partial charge >= 0.3 is 0 Å². The van der Waals surface area contributed by atoms with Crippen molar-refractivity contribution >= 4 is 5.69 Å². The van der Waals surface area contributed by atoms with Crippen molar-refractivity contribution in [1.82, 2.24) is 5.32 Å². The van der Waals surface area contributed by atoms with Crippen molar-refractivity contribution < 1.29 is 10.0 Å². The molecule has 2 N–H and O–H groups in total. The van der Waals surface area contributed by atoms with Crippen molar-refractivity contribution in [2.24, 2.45) is 5.41 Å². The zero-order valence-corrected chi connectivity index (χ0v) is 11.0. The van der Waals surface area contributed by atoms with Crippen LogP contribution in [0, 0.1) is 15.5 Å². The first-order valence-corrected chi connectivity index (χ1v) is 5.95. The number of aliphatic hydroxyl groups is 1. The lowest BCUT2D eigenvalue weighted by molar-refractivity contribution is -0.385. The van der Waals surface area contributed by atoms with Gasteiger partial charge < -0.3 is 10.4 Å². The maximum Gasteiger partial charge on any atom is 0.274 e. The van der Waals surface area contributed by atoms with Crippen LogP contribution in [0.3, 0.4) is 0 Å². The maximum absolute atomic E-state index is 10.9. The normalized spacial score (nSPS) is 13.3. The van der Waals surface area contributed by atoms with Crippen LogP contribution < -0.4 is 5.32 Å². The third-order valence-corrected chi connectivity index (χ3v) is 2.91. The van der Waals surface area contributed by atoms with Crippen LogP contribution in [0.5, 0.6) is 0 Å². The highest BCUT2D eigenvalue weighted by Gasteiger charge is 2.21. The molecule has 0 saturated heterocycles. The second-order valence-electron chi connectivity index (χ2n) is 5.24. The average molecular weight is 252 g/mol. The van der Waals surface area contributed by atoms with Crippen LogP contribution in [-0.4, -0.2) is 23.2 Å². The summed E-state index contributed by atoms with van der Waals surface area (Å²) in [6.07, 6.45) is 0. The van der Waals surface area contributed by atoms with Crippen LogP contribution >= 0.6 is 0 Å². The summed E-state index contributed by atoms with van der Waals surface area (Å²) < 4.78 is 0. The van der Waals surface area contributed by atoms with Gasteiger partial charge in [-0.1, -0.05) is 32.0 Å². The van der Waals surface area contributed by atoms with Gasteiger partial charge in [0.15, 0.2) is 0 Å². The molecule has 1 unspecified atom stereocenters. The van der Waals surface area contributed by atoms with Crippen LogP contribution in [0.1, 0.15) is 32.4 Å². The molecular weight excluding hydrogens is 232 g/mol. The Morgan fingerprint density at radius 3 is 2.61 bits per heavy atom. The van der Waals surface area contributed by atoms with E-state index in [4.69, 9.17) is 0 Å². The fourth-order valence-electron chi connectivity index (χ4n) is 1.62. The largest absolute Gasteiger partial charge is 0.396 e. The number of para-hydroxylation sites is 1. The minimum absolute atomic E-state index is 0.0730. The summed E-state index contributed by atoms with van der Waals surface area (Å²) in [6.45, 7) is 6.42. The lowest BCUT2D eigenvalue weighted by atomic mass is 9.94. The minimum Gasteiger partial charge on any atom is -0.396 e. The lowest BCUT2D eigenvalue weighted by Gasteiger charge is -2.25. The van der Waals surface area contributed by atoms with Gasteiger partial charge in [0.2, 0.25) is 0 Å². The maximum atomic E-state index is 10.9. The highest BCUT2D eigenvalue weighted by atomic mass is 16.6. The highest BCUT2D eigenvalue weighted by Crippen LogP contribution is 2.25. The van der Waals surface area contributed by atoms with E-state index in [-0.39, 0.29) is 28.7 Å². The molecule has 0 aliphatic rings. The third kappa shape index (κ3) is 3.78. The van der Waals surface area contributed by atoms with Gasteiger partial charge in [0, 0.05) is 36.2 Å². The molecule has 1 atom stereocenters. The van der Waals surface area contributed by atoms with Gasteiger partial charge in [0.25, 0.3) is 5.69 Å². The topological polar surface area (TPSA) is 75.4 Å². The Hall–Kier alpha value is -1.46. The quantitative estimate of drug-likeness (QED) is 0.601. The molecule has 0 amide bonds. The number of rotatable bonds is 6. The second kappa shape index (κ2) is 5.93.